The van der Waals surface area contributed by atoms with Gasteiger partial charge in [-0.05, 0) is 78.3 Å². The molecular weight excluding hydrogens is 468 g/mol. The first-order chi connectivity index (χ1) is 17.5. The van der Waals surface area contributed by atoms with Crippen molar-refractivity contribution in [3.8, 4) is 5.75 Å². The smallest absolute Gasteiger partial charge is 0.131 e. The van der Waals surface area contributed by atoms with Crippen LogP contribution in [0.4, 0.5) is 0 Å². The van der Waals surface area contributed by atoms with E-state index in [0.717, 1.165) is 84.6 Å². The number of fused-ring (bicyclic) bond motifs is 2. The standard InChI is InChI=1S/C31H33ClN2O2/c1-3-22(2)23-8-13-30-28(20-23)26(27-6-4-16-33-29(27)21-36-30)7-5-17-34-18-14-31(35,15-19-34)24-9-11-25(32)12-10-24/h4,6-13,16,20,35H,2-3,5,14-15,17-19,21H2,1H3/b26-7+. The number of aliphatic hydroxyl groups is 1. The third-order valence-electron chi connectivity index (χ3n) is 7.51. The first kappa shape index (κ1) is 24.8. The van der Waals surface area contributed by atoms with Gasteiger partial charge in [0.05, 0.1) is 11.3 Å². The Balaban J connectivity index is 1.34. The van der Waals surface area contributed by atoms with E-state index in [1.165, 1.54) is 5.57 Å². The van der Waals surface area contributed by atoms with E-state index in [1.807, 2.05) is 36.5 Å². The SMILES string of the molecule is C=C(CC)c1ccc2c(c1)/C(=C/CCN1CCC(O)(c3ccc(Cl)cc3)CC1)c1cccnc1CO2. The van der Waals surface area contributed by atoms with Crippen LogP contribution in [0.3, 0.4) is 0 Å². The highest BCUT2D eigenvalue weighted by molar-refractivity contribution is 6.30. The van der Waals surface area contributed by atoms with Gasteiger partial charge in [0.2, 0.25) is 0 Å². The summed E-state index contributed by atoms with van der Waals surface area (Å²) in [7, 11) is 0. The number of aromatic nitrogens is 1. The molecule has 5 rings (SSSR count). The van der Waals surface area contributed by atoms with E-state index in [0.29, 0.717) is 11.6 Å². The molecule has 0 atom stereocenters. The number of hydrogen-bond donors (Lipinski definition) is 1. The van der Waals surface area contributed by atoms with Crippen molar-refractivity contribution >= 4 is 22.7 Å². The number of halogens is 1. The van der Waals surface area contributed by atoms with E-state index in [-0.39, 0.29) is 0 Å². The highest BCUT2D eigenvalue weighted by Crippen LogP contribution is 2.38. The molecule has 1 fully saturated rings. The summed E-state index contributed by atoms with van der Waals surface area (Å²) in [5.41, 5.74) is 6.81. The van der Waals surface area contributed by atoms with Crippen molar-refractivity contribution < 1.29 is 9.84 Å². The zero-order valence-corrected chi connectivity index (χ0v) is 21.6. The van der Waals surface area contributed by atoms with Gasteiger partial charge in [-0.3, -0.25) is 4.98 Å². The Hall–Kier alpha value is -2.92. The Morgan fingerprint density at radius 3 is 2.67 bits per heavy atom. The van der Waals surface area contributed by atoms with Crippen molar-refractivity contribution in [1.82, 2.24) is 9.88 Å². The second-order valence-corrected chi connectivity index (χ2v) is 10.2. The number of nitrogens with zero attached hydrogens (tertiary/aromatic N) is 2. The van der Waals surface area contributed by atoms with Crippen LogP contribution in [-0.4, -0.2) is 34.6 Å². The fourth-order valence-electron chi connectivity index (χ4n) is 5.19. The van der Waals surface area contributed by atoms with Crippen molar-refractivity contribution in [2.45, 2.75) is 44.8 Å². The van der Waals surface area contributed by atoms with Crippen molar-refractivity contribution in [1.29, 1.82) is 0 Å². The molecule has 2 aliphatic heterocycles. The molecule has 1 N–H and O–H groups in total. The average molecular weight is 501 g/mol. The molecule has 0 bridgehead atoms. The van der Waals surface area contributed by atoms with Gasteiger partial charge >= 0.3 is 0 Å². The maximum absolute atomic E-state index is 11.2. The highest BCUT2D eigenvalue weighted by atomic mass is 35.5. The lowest BCUT2D eigenvalue weighted by Gasteiger charge is -2.38. The first-order valence-electron chi connectivity index (χ1n) is 12.8. The minimum atomic E-state index is -0.778. The number of pyridine rings is 1. The molecule has 1 aromatic heterocycles. The maximum Gasteiger partial charge on any atom is 0.131 e. The Labute approximate surface area is 218 Å². The fourth-order valence-corrected chi connectivity index (χ4v) is 5.31. The van der Waals surface area contributed by atoms with Crippen molar-refractivity contribution in [2.75, 3.05) is 19.6 Å². The number of allylic oxidation sites excluding steroid dienone is 1. The predicted octanol–water partition coefficient (Wildman–Crippen LogP) is 6.86. The number of rotatable bonds is 6. The molecule has 0 amide bonds. The van der Waals surface area contributed by atoms with Gasteiger partial charge in [0, 0.05) is 42.0 Å². The molecule has 0 saturated carbocycles. The summed E-state index contributed by atoms with van der Waals surface area (Å²) in [6.07, 6.45) is 7.41. The summed E-state index contributed by atoms with van der Waals surface area (Å²) < 4.78 is 6.16. The van der Waals surface area contributed by atoms with Gasteiger partial charge in [-0.15, -0.1) is 0 Å². The number of piperidine rings is 1. The fraction of sp³-hybridized carbons (Fsp3) is 0.323. The zero-order chi connectivity index (χ0) is 25.1. The molecule has 1 saturated heterocycles. The van der Waals surface area contributed by atoms with E-state index in [2.05, 4.69) is 53.7 Å². The molecule has 0 spiro atoms. The van der Waals surface area contributed by atoms with Gasteiger partial charge < -0.3 is 14.7 Å². The minimum absolute atomic E-state index is 0.462. The molecule has 2 aliphatic rings. The second kappa shape index (κ2) is 10.6. The monoisotopic (exact) mass is 500 g/mol. The Morgan fingerprint density at radius 1 is 1.14 bits per heavy atom. The number of hydrogen-bond acceptors (Lipinski definition) is 4. The summed E-state index contributed by atoms with van der Waals surface area (Å²) in [4.78, 5) is 7.04. The second-order valence-electron chi connectivity index (χ2n) is 9.74. The maximum atomic E-state index is 11.2. The minimum Gasteiger partial charge on any atom is -0.487 e. The summed E-state index contributed by atoms with van der Waals surface area (Å²) in [5.74, 6) is 0.887. The third-order valence-corrected chi connectivity index (χ3v) is 7.76. The van der Waals surface area contributed by atoms with Gasteiger partial charge in [0.25, 0.3) is 0 Å². The van der Waals surface area contributed by atoms with E-state index in [4.69, 9.17) is 16.3 Å². The van der Waals surface area contributed by atoms with Gasteiger partial charge in [-0.25, -0.2) is 0 Å². The van der Waals surface area contributed by atoms with Gasteiger partial charge in [-0.2, -0.15) is 0 Å². The van der Waals surface area contributed by atoms with Crippen LogP contribution >= 0.6 is 11.6 Å². The Morgan fingerprint density at radius 2 is 1.92 bits per heavy atom. The largest absolute Gasteiger partial charge is 0.487 e. The van der Waals surface area contributed by atoms with E-state index in [9.17, 15) is 5.11 Å². The molecule has 5 heteroatoms. The van der Waals surface area contributed by atoms with Crippen LogP contribution in [0.5, 0.6) is 5.75 Å². The lowest BCUT2D eigenvalue weighted by Crippen LogP contribution is -2.42. The molecular formula is C31H33ClN2O2. The van der Waals surface area contributed by atoms with Gasteiger partial charge in [0.15, 0.2) is 0 Å². The highest BCUT2D eigenvalue weighted by Gasteiger charge is 2.33. The van der Waals surface area contributed by atoms with Crippen molar-refractivity contribution in [2.24, 2.45) is 0 Å². The van der Waals surface area contributed by atoms with Crippen molar-refractivity contribution in [3.05, 3.63) is 106 Å². The summed E-state index contributed by atoms with van der Waals surface area (Å²) in [6.45, 7) is 9.50. The lowest BCUT2D eigenvalue weighted by atomic mass is 9.84. The van der Waals surface area contributed by atoms with E-state index in [1.54, 1.807) is 0 Å². The molecule has 186 valence electrons. The molecule has 2 aromatic carbocycles. The topological polar surface area (TPSA) is 45.6 Å². The zero-order valence-electron chi connectivity index (χ0n) is 20.8. The van der Waals surface area contributed by atoms with Crippen molar-refractivity contribution in [3.63, 3.8) is 0 Å². The van der Waals surface area contributed by atoms with E-state index < -0.39 is 5.60 Å². The van der Waals surface area contributed by atoms with Crippen LogP contribution in [0.2, 0.25) is 5.02 Å². The van der Waals surface area contributed by atoms with Gasteiger partial charge in [0.1, 0.15) is 12.4 Å². The Kier molecular flexibility index (Phi) is 7.29. The molecule has 0 aliphatic carbocycles. The van der Waals surface area contributed by atoms with Crippen LogP contribution in [-0.2, 0) is 12.2 Å². The van der Waals surface area contributed by atoms with Crippen LogP contribution in [0, 0.1) is 0 Å². The molecule has 3 aromatic rings. The van der Waals surface area contributed by atoms with Crippen LogP contribution < -0.4 is 4.74 Å². The lowest BCUT2D eigenvalue weighted by molar-refractivity contribution is -0.0254. The van der Waals surface area contributed by atoms with Gasteiger partial charge in [-0.1, -0.05) is 55.4 Å². The molecule has 36 heavy (non-hydrogen) atoms. The molecule has 0 unspecified atom stereocenters. The Bertz CT molecular complexity index is 1270. The third kappa shape index (κ3) is 5.12. The summed E-state index contributed by atoms with van der Waals surface area (Å²) >= 11 is 6.03. The van der Waals surface area contributed by atoms with Crippen LogP contribution in [0.25, 0.3) is 11.1 Å². The molecule has 3 heterocycles. The first-order valence-corrected chi connectivity index (χ1v) is 13.2. The quantitative estimate of drug-likeness (QED) is 0.401. The van der Waals surface area contributed by atoms with E-state index >= 15 is 0 Å². The summed E-state index contributed by atoms with van der Waals surface area (Å²) in [5, 5.41) is 11.9. The van der Waals surface area contributed by atoms with Crippen LogP contribution in [0.15, 0.2) is 73.4 Å². The molecule has 0 radical (unpaired) electrons. The number of benzene rings is 2. The number of likely N-dealkylation sites (tertiary alicyclic amines) is 1. The molecule has 4 nitrogen and oxygen atoms in total. The number of ether oxygens (including phenoxy) is 1. The normalized spacial score (nSPS) is 18.1. The van der Waals surface area contributed by atoms with Crippen LogP contribution in [0.1, 0.15) is 60.6 Å². The average Bonchev–Trinajstić information content (AvgIpc) is 3.06. The summed E-state index contributed by atoms with van der Waals surface area (Å²) in [6, 6.07) is 18.1. The predicted molar refractivity (Wildman–Crippen MR) is 147 cm³/mol.